The minimum absolute atomic E-state index is 0.621. The summed E-state index contributed by atoms with van der Waals surface area (Å²) in [6.07, 6.45) is 7.04. The second-order valence-corrected chi connectivity index (χ2v) is 6.96. The van der Waals surface area contributed by atoms with Crippen molar-refractivity contribution < 1.29 is 0 Å². The maximum atomic E-state index is 3.75. The summed E-state index contributed by atoms with van der Waals surface area (Å²) >= 11 is 1.87. The molecule has 1 fully saturated rings. The van der Waals surface area contributed by atoms with Crippen molar-refractivity contribution in [2.24, 2.45) is 0 Å². The Morgan fingerprint density at radius 3 is 2.74 bits per heavy atom. The Morgan fingerprint density at radius 2 is 2.11 bits per heavy atom. The molecule has 1 aliphatic carbocycles. The molecule has 1 N–H and O–H groups in total. The molecule has 1 aromatic rings. The van der Waals surface area contributed by atoms with E-state index in [4.69, 9.17) is 0 Å². The molecule has 0 radical (unpaired) electrons. The van der Waals surface area contributed by atoms with Crippen LogP contribution in [0.4, 0.5) is 0 Å². The lowest BCUT2D eigenvalue weighted by Gasteiger charge is -2.28. The normalized spacial score (nSPS) is 17.5. The number of thiophene rings is 1. The van der Waals surface area contributed by atoms with Crippen molar-refractivity contribution in [3.8, 4) is 0 Å². The summed E-state index contributed by atoms with van der Waals surface area (Å²) in [5, 5.41) is 5.92. The summed E-state index contributed by atoms with van der Waals surface area (Å²) < 4.78 is 0. The van der Waals surface area contributed by atoms with Crippen LogP contribution in [0, 0.1) is 0 Å². The molecule has 1 aromatic heterocycles. The van der Waals surface area contributed by atoms with E-state index in [2.05, 4.69) is 41.6 Å². The average molecular weight is 280 g/mol. The van der Waals surface area contributed by atoms with Crippen LogP contribution in [0.25, 0.3) is 0 Å². The fourth-order valence-corrected chi connectivity index (χ4v) is 3.57. The molecule has 0 bridgehead atoms. The second kappa shape index (κ2) is 8.03. The van der Waals surface area contributed by atoms with Crippen LogP contribution in [-0.4, -0.2) is 30.1 Å². The minimum Gasteiger partial charge on any atom is -0.313 e. The Kier molecular flexibility index (Phi) is 6.35. The van der Waals surface area contributed by atoms with Crippen LogP contribution in [0.15, 0.2) is 17.5 Å². The highest BCUT2D eigenvalue weighted by atomic mass is 32.1. The summed E-state index contributed by atoms with van der Waals surface area (Å²) in [5.41, 5.74) is 0. The summed E-state index contributed by atoms with van der Waals surface area (Å²) in [7, 11) is 0. The van der Waals surface area contributed by atoms with E-state index in [1.165, 1.54) is 37.0 Å². The Morgan fingerprint density at radius 1 is 1.32 bits per heavy atom. The smallest absolute Gasteiger partial charge is 0.0331 e. The van der Waals surface area contributed by atoms with Gasteiger partial charge in [-0.3, -0.25) is 4.90 Å². The Balaban J connectivity index is 1.70. The van der Waals surface area contributed by atoms with Gasteiger partial charge < -0.3 is 5.32 Å². The van der Waals surface area contributed by atoms with Gasteiger partial charge in [-0.25, -0.2) is 0 Å². The monoisotopic (exact) mass is 280 g/mol. The molecular formula is C16H28N2S. The van der Waals surface area contributed by atoms with Crippen molar-refractivity contribution in [3.05, 3.63) is 22.4 Å². The highest BCUT2D eigenvalue weighted by Crippen LogP contribution is 2.17. The van der Waals surface area contributed by atoms with Gasteiger partial charge in [0.2, 0.25) is 0 Å². The van der Waals surface area contributed by atoms with E-state index in [0.29, 0.717) is 6.04 Å². The number of hydrogen-bond donors (Lipinski definition) is 1. The molecule has 1 saturated carbocycles. The summed E-state index contributed by atoms with van der Waals surface area (Å²) in [6, 6.07) is 5.80. The Bertz CT molecular complexity index is 329. The third kappa shape index (κ3) is 5.25. The van der Waals surface area contributed by atoms with Crippen molar-refractivity contribution >= 4 is 11.3 Å². The zero-order valence-corrected chi connectivity index (χ0v) is 13.2. The first-order valence-corrected chi connectivity index (χ1v) is 8.63. The quantitative estimate of drug-likeness (QED) is 0.815. The van der Waals surface area contributed by atoms with E-state index < -0.39 is 0 Å². The maximum absolute atomic E-state index is 3.75. The minimum atomic E-state index is 0.621. The molecule has 0 aliphatic heterocycles. The number of nitrogens with one attached hydrogen (secondary N) is 1. The highest BCUT2D eigenvalue weighted by molar-refractivity contribution is 7.09. The van der Waals surface area contributed by atoms with Crippen LogP contribution in [0.2, 0.25) is 0 Å². The van der Waals surface area contributed by atoms with E-state index in [1.54, 1.807) is 0 Å². The van der Waals surface area contributed by atoms with E-state index in [-0.39, 0.29) is 0 Å². The van der Waals surface area contributed by atoms with Gasteiger partial charge >= 0.3 is 0 Å². The van der Waals surface area contributed by atoms with Gasteiger partial charge in [0.1, 0.15) is 0 Å². The molecule has 2 nitrogen and oxygen atoms in total. The van der Waals surface area contributed by atoms with Crippen LogP contribution in [0.5, 0.6) is 0 Å². The summed E-state index contributed by atoms with van der Waals surface area (Å²) in [5.74, 6) is 0. The van der Waals surface area contributed by atoms with Crippen LogP contribution < -0.4 is 5.32 Å². The van der Waals surface area contributed by atoms with Crippen LogP contribution in [0.1, 0.15) is 50.8 Å². The molecule has 0 spiro atoms. The molecule has 3 heteroatoms. The molecule has 19 heavy (non-hydrogen) atoms. The predicted octanol–water partition coefficient (Wildman–Crippen LogP) is 3.88. The van der Waals surface area contributed by atoms with Gasteiger partial charge in [-0.1, -0.05) is 25.3 Å². The molecule has 0 aromatic carbocycles. The largest absolute Gasteiger partial charge is 0.313 e. The Hall–Kier alpha value is -0.380. The first-order valence-electron chi connectivity index (χ1n) is 7.75. The molecular weight excluding hydrogens is 252 g/mol. The van der Waals surface area contributed by atoms with Gasteiger partial charge in [0.05, 0.1) is 0 Å². The van der Waals surface area contributed by atoms with Gasteiger partial charge in [0.25, 0.3) is 0 Å². The molecule has 0 atom stereocenters. The van der Waals surface area contributed by atoms with Crippen LogP contribution in [-0.2, 0) is 6.54 Å². The van der Waals surface area contributed by atoms with Gasteiger partial charge in [-0.15, -0.1) is 11.3 Å². The lowest BCUT2D eigenvalue weighted by molar-refractivity contribution is 0.209. The number of nitrogens with zero attached hydrogens (tertiary/aromatic N) is 1. The fourth-order valence-electron chi connectivity index (χ4n) is 2.84. The van der Waals surface area contributed by atoms with Gasteiger partial charge in [0, 0.05) is 36.6 Å². The number of rotatable bonds is 7. The average Bonchev–Trinajstić information content (AvgIpc) is 2.91. The lowest BCUT2D eigenvalue weighted by Crippen LogP contribution is -2.40. The first kappa shape index (κ1) is 15.0. The third-order valence-corrected chi connectivity index (χ3v) is 4.97. The highest BCUT2D eigenvalue weighted by Gasteiger charge is 2.14. The summed E-state index contributed by atoms with van der Waals surface area (Å²) in [6.45, 7) is 7.99. The third-order valence-electron chi connectivity index (χ3n) is 4.11. The van der Waals surface area contributed by atoms with Crippen molar-refractivity contribution in [1.29, 1.82) is 0 Å². The van der Waals surface area contributed by atoms with Crippen molar-refractivity contribution in [1.82, 2.24) is 10.2 Å². The van der Waals surface area contributed by atoms with E-state index in [0.717, 1.165) is 25.7 Å². The molecule has 1 aliphatic rings. The van der Waals surface area contributed by atoms with Crippen molar-refractivity contribution in [2.45, 2.75) is 64.6 Å². The van der Waals surface area contributed by atoms with Crippen molar-refractivity contribution in [2.75, 3.05) is 13.1 Å². The Labute approximate surface area is 122 Å². The topological polar surface area (TPSA) is 15.3 Å². The SMILES string of the molecule is CC(C)N(CCNC1CCCCC1)Cc1cccs1. The van der Waals surface area contributed by atoms with E-state index in [1.807, 2.05) is 11.3 Å². The fraction of sp³-hybridized carbons (Fsp3) is 0.750. The molecule has 0 amide bonds. The molecule has 0 unspecified atom stereocenters. The van der Waals surface area contributed by atoms with Gasteiger partial charge in [0.15, 0.2) is 0 Å². The van der Waals surface area contributed by atoms with Gasteiger partial charge in [-0.2, -0.15) is 0 Å². The molecule has 0 saturated heterocycles. The standard InChI is InChI=1S/C16H28N2S/c1-14(2)18(13-16-9-6-12-19-16)11-10-17-15-7-4-3-5-8-15/h6,9,12,14-15,17H,3-5,7-8,10-11,13H2,1-2H3. The zero-order chi connectivity index (χ0) is 13.5. The van der Waals surface area contributed by atoms with Crippen LogP contribution in [0.3, 0.4) is 0 Å². The molecule has 108 valence electrons. The maximum Gasteiger partial charge on any atom is 0.0331 e. The van der Waals surface area contributed by atoms with Crippen LogP contribution >= 0.6 is 11.3 Å². The van der Waals surface area contributed by atoms with Gasteiger partial charge in [-0.05, 0) is 38.1 Å². The van der Waals surface area contributed by atoms with E-state index >= 15 is 0 Å². The molecule has 1 heterocycles. The van der Waals surface area contributed by atoms with E-state index in [9.17, 15) is 0 Å². The number of hydrogen-bond acceptors (Lipinski definition) is 3. The molecule has 2 rings (SSSR count). The zero-order valence-electron chi connectivity index (χ0n) is 12.4. The van der Waals surface area contributed by atoms with Crippen molar-refractivity contribution in [3.63, 3.8) is 0 Å². The second-order valence-electron chi connectivity index (χ2n) is 5.93. The predicted molar refractivity (Wildman–Crippen MR) is 84.7 cm³/mol. The summed E-state index contributed by atoms with van der Waals surface area (Å²) in [4.78, 5) is 4.05. The lowest BCUT2D eigenvalue weighted by atomic mass is 9.95. The first-order chi connectivity index (χ1) is 9.25.